The highest BCUT2D eigenvalue weighted by Crippen LogP contribution is 2.51. The lowest BCUT2D eigenvalue weighted by Gasteiger charge is -2.28. The molecular formula is C13H12S. The maximum absolute atomic E-state index is 2.33. The molecular weight excluding hydrogens is 188 g/mol. The Labute approximate surface area is 88.7 Å². The zero-order valence-corrected chi connectivity index (χ0v) is 8.92. The van der Waals surface area contributed by atoms with Gasteiger partial charge in [-0.3, -0.25) is 0 Å². The van der Waals surface area contributed by atoms with E-state index in [4.69, 9.17) is 0 Å². The Hall–Kier alpha value is -0.950. The fourth-order valence-corrected chi connectivity index (χ4v) is 3.74. The van der Waals surface area contributed by atoms with Crippen LogP contribution in [-0.4, -0.2) is 5.25 Å². The zero-order chi connectivity index (χ0) is 9.60. The molecule has 1 heterocycles. The minimum absolute atomic E-state index is 0.218. The van der Waals surface area contributed by atoms with Gasteiger partial charge < -0.3 is 0 Å². The molecule has 0 spiro atoms. The van der Waals surface area contributed by atoms with Gasteiger partial charge in [-0.05, 0) is 11.6 Å². The molecule has 0 radical (unpaired) electrons. The van der Waals surface area contributed by atoms with Crippen molar-refractivity contribution < 1.29 is 0 Å². The van der Waals surface area contributed by atoms with Crippen LogP contribution in [0.3, 0.4) is 0 Å². The first-order valence-electron chi connectivity index (χ1n) is 4.93. The van der Waals surface area contributed by atoms with Crippen molar-refractivity contribution in [2.45, 2.75) is 22.5 Å². The van der Waals surface area contributed by atoms with E-state index >= 15 is 0 Å². The van der Waals surface area contributed by atoms with Crippen LogP contribution in [-0.2, 0) is 5.41 Å². The average molecular weight is 200 g/mol. The van der Waals surface area contributed by atoms with Gasteiger partial charge in [0.15, 0.2) is 0 Å². The molecule has 14 heavy (non-hydrogen) atoms. The highest BCUT2D eigenvalue weighted by Gasteiger charge is 2.41. The smallest absolute Gasteiger partial charge is 0.0407 e. The second-order valence-electron chi connectivity index (χ2n) is 4.06. The van der Waals surface area contributed by atoms with Crippen molar-refractivity contribution in [2.75, 3.05) is 0 Å². The van der Waals surface area contributed by atoms with E-state index in [-0.39, 0.29) is 5.41 Å². The van der Waals surface area contributed by atoms with Crippen molar-refractivity contribution in [1.82, 2.24) is 0 Å². The van der Waals surface area contributed by atoms with E-state index in [2.05, 4.69) is 55.5 Å². The number of fused-ring (bicyclic) bond motifs is 3. The minimum Gasteiger partial charge on any atom is -0.117 e. The highest BCUT2D eigenvalue weighted by atomic mass is 32.2. The first kappa shape index (κ1) is 8.37. The Balaban J connectivity index is 2.21. The van der Waals surface area contributed by atoms with Gasteiger partial charge >= 0.3 is 0 Å². The fourth-order valence-electron chi connectivity index (χ4n) is 2.27. The highest BCUT2D eigenvalue weighted by molar-refractivity contribution is 8.00. The van der Waals surface area contributed by atoms with Crippen LogP contribution in [0, 0.1) is 0 Å². The molecule has 0 saturated heterocycles. The summed E-state index contributed by atoms with van der Waals surface area (Å²) in [6.07, 6.45) is 8.96. The van der Waals surface area contributed by atoms with E-state index in [0.29, 0.717) is 5.25 Å². The summed E-state index contributed by atoms with van der Waals surface area (Å²) < 4.78 is 0. The van der Waals surface area contributed by atoms with Gasteiger partial charge in [0.1, 0.15) is 0 Å². The summed E-state index contributed by atoms with van der Waals surface area (Å²) in [6.45, 7) is 2.33. The van der Waals surface area contributed by atoms with E-state index in [1.165, 1.54) is 10.5 Å². The lowest BCUT2D eigenvalue weighted by molar-refractivity contribution is 0.620. The molecule has 2 unspecified atom stereocenters. The van der Waals surface area contributed by atoms with Gasteiger partial charge in [0, 0.05) is 15.6 Å². The number of allylic oxidation sites excluding steroid dienone is 3. The van der Waals surface area contributed by atoms with Crippen LogP contribution in [0.1, 0.15) is 12.5 Å². The molecule has 1 aromatic carbocycles. The molecule has 0 fully saturated rings. The van der Waals surface area contributed by atoms with Crippen LogP contribution in [0.2, 0.25) is 0 Å². The van der Waals surface area contributed by atoms with Gasteiger partial charge in [-0.15, -0.1) is 11.8 Å². The number of thioether (sulfide) groups is 1. The molecule has 0 aromatic heterocycles. The van der Waals surface area contributed by atoms with E-state index in [0.717, 1.165) is 0 Å². The second kappa shape index (κ2) is 2.77. The van der Waals surface area contributed by atoms with E-state index in [1.54, 1.807) is 0 Å². The number of hydrogen-bond donors (Lipinski definition) is 0. The molecule has 2 atom stereocenters. The molecule has 70 valence electrons. The Morgan fingerprint density at radius 2 is 2.07 bits per heavy atom. The van der Waals surface area contributed by atoms with Gasteiger partial charge in [-0.25, -0.2) is 0 Å². The summed E-state index contributed by atoms with van der Waals surface area (Å²) in [4.78, 5) is 1.44. The Kier molecular flexibility index (Phi) is 1.65. The van der Waals surface area contributed by atoms with Crippen molar-refractivity contribution in [1.29, 1.82) is 0 Å². The molecule has 0 bridgehead atoms. The van der Waals surface area contributed by atoms with Crippen LogP contribution < -0.4 is 0 Å². The molecule has 2 aliphatic rings. The standard InChI is InChI=1S/C13H12S/c1-13-9-5-4-8-12(13)14-11-7-3-2-6-10(11)13/h2-9,12H,1H3. The van der Waals surface area contributed by atoms with Crippen LogP contribution in [0.15, 0.2) is 53.5 Å². The minimum atomic E-state index is 0.218. The number of rotatable bonds is 0. The van der Waals surface area contributed by atoms with Crippen LogP contribution in [0.4, 0.5) is 0 Å². The van der Waals surface area contributed by atoms with Crippen molar-refractivity contribution >= 4 is 11.8 Å². The molecule has 1 heteroatoms. The summed E-state index contributed by atoms with van der Waals surface area (Å²) in [7, 11) is 0. The van der Waals surface area contributed by atoms with Gasteiger partial charge in [0.05, 0.1) is 0 Å². The van der Waals surface area contributed by atoms with Crippen LogP contribution in [0.25, 0.3) is 0 Å². The Bertz CT molecular complexity index is 431. The molecule has 0 saturated carbocycles. The monoisotopic (exact) mass is 200 g/mol. The van der Waals surface area contributed by atoms with Gasteiger partial charge in [-0.1, -0.05) is 49.4 Å². The third-order valence-corrected chi connectivity index (χ3v) is 4.66. The zero-order valence-electron chi connectivity index (χ0n) is 8.10. The normalized spacial score (nSPS) is 32.8. The van der Waals surface area contributed by atoms with Crippen molar-refractivity contribution in [3.05, 3.63) is 54.1 Å². The van der Waals surface area contributed by atoms with Gasteiger partial charge in [-0.2, -0.15) is 0 Å². The third-order valence-electron chi connectivity index (χ3n) is 3.15. The Morgan fingerprint density at radius 1 is 1.21 bits per heavy atom. The molecule has 3 rings (SSSR count). The molecule has 0 N–H and O–H groups in total. The van der Waals surface area contributed by atoms with Crippen LogP contribution >= 0.6 is 11.8 Å². The number of hydrogen-bond acceptors (Lipinski definition) is 1. The summed E-state index contributed by atoms with van der Waals surface area (Å²) >= 11 is 1.98. The second-order valence-corrected chi connectivity index (χ2v) is 5.24. The molecule has 0 nitrogen and oxygen atoms in total. The summed E-state index contributed by atoms with van der Waals surface area (Å²) in [5.74, 6) is 0. The largest absolute Gasteiger partial charge is 0.117 e. The van der Waals surface area contributed by atoms with Crippen LogP contribution in [0.5, 0.6) is 0 Å². The Morgan fingerprint density at radius 3 is 3.00 bits per heavy atom. The SMILES string of the molecule is CC12C=CC=CC1Sc1ccccc12. The number of benzene rings is 1. The summed E-state index contributed by atoms with van der Waals surface area (Å²) in [5.41, 5.74) is 1.70. The first-order chi connectivity index (χ1) is 6.81. The maximum Gasteiger partial charge on any atom is 0.0407 e. The molecule has 1 aliphatic carbocycles. The lowest BCUT2D eigenvalue weighted by Crippen LogP contribution is -2.28. The first-order valence-corrected chi connectivity index (χ1v) is 5.81. The summed E-state index contributed by atoms with van der Waals surface area (Å²) in [6, 6.07) is 8.75. The molecule has 0 amide bonds. The van der Waals surface area contributed by atoms with Crippen molar-refractivity contribution in [2.24, 2.45) is 0 Å². The summed E-state index contributed by atoms with van der Waals surface area (Å²) in [5, 5.41) is 0.588. The van der Waals surface area contributed by atoms with E-state index < -0.39 is 0 Å². The average Bonchev–Trinajstić information content (AvgIpc) is 2.51. The third kappa shape index (κ3) is 0.963. The van der Waals surface area contributed by atoms with Crippen molar-refractivity contribution in [3.8, 4) is 0 Å². The molecule has 1 aliphatic heterocycles. The van der Waals surface area contributed by atoms with Crippen molar-refractivity contribution in [3.63, 3.8) is 0 Å². The van der Waals surface area contributed by atoms with E-state index in [9.17, 15) is 0 Å². The lowest BCUT2D eigenvalue weighted by atomic mass is 9.77. The predicted octanol–water partition coefficient (Wildman–Crippen LogP) is 3.54. The van der Waals surface area contributed by atoms with Gasteiger partial charge in [0.25, 0.3) is 0 Å². The topological polar surface area (TPSA) is 0 Å². The fraction of sp³-hybridized carbons (Fsp3) is 0.231. The molecule has 1 aromatic rings. The quantitative estimate of drug-likeness (QED) is 0.617. The van der Waals surface area contributed by atoms with E-state index in [1.807, 2.05) is 11.8 Å². The van der Waals surface area contributed by atoms with Gasteiger partial charge in [0.2, 0.25) is 0 Å². The predicted molar refractivity (Wildman–Crippen MR) is 61.7 cm³/mol. The maximum atomic E-state index is 2.33.